The van der Waals surface area contributed by atoms with Crippen molar-refractivity contribution in [2.24, 2.45) is 0 Å². The highest BCUT2D eigenvalue weighted by atomic mass is 35.5. The van der Waals surface area contributed by atoms with Crippen molar-refractivity contribution < 1.29 is 9.53 Å². The lowest BCUT2D eigenvalue weighted by molar-refractivity contribution is -0.141. The Hall–Kier alpha value is -1.73. The summed E-state index contributed by atoms with van der Waals surface area (Å²) in [4.78, 5) is 20.9. The molecule has 2 aliphatic heterocycles. The molecular weight excluding hydrogens is 430 g/mol. The predicted molar refractivity (Wildman–Crippen MR) is 128 cm³/mol. The molecule has 2 aromatic carbocycles. The number of rotatable bonds is 7. The Labute approximate surface area is 194 Å². The maximum atomic E-state index is 11.0. The maximum absolute atomic E-state index is 11.0. The number of carbonyl (C=O) groups excluding carboxylic acids is 1. The Bertz CT molecular complexity index is 910. The van der Waals surface area contributed by atoms with Crippen LogP contribution in [0.25, 0.3) is 0 Å². The van der Waals surface area contributed by atoms with Crippen LogP contribution in [0.5, 0.6) is 0 Å². The van der Waals surface area contributed by atoms with Gasteiger partial charge in [0.2, 0.25) is 0 Å². The van der Waals surface area contributed by atoms with Gasteiger partial charge >= 0.3 is 5.97 Å². The summed E-state index contributed by atoms with van der Waals surface area (Å²) in [5.74, 6) is -0.197. The van der Waals surface area contributed by atoms with Gasteiger partial charge in [0.25, 0.3) is 0 Å². The van der Waals surface area contributed by atoms with Crippen LogP contribution in [0, 0.1) is 0 Å². The van der Waals surface area contributed by atoms with Crippen LogP contribution in [0.4, 0.5) is 11.4 Å². The van der Waals surface area contributed by atoms with Crippen molar-refractivity contribution in [2.45, 2.75) is 29.6 Å². The molecule has 0 aromatic heterocycles. The van der Waals surface area contributed by atoms with E-state index in [1.54, 1.807) is 0 Å². The Balaban J connectivity index is 1.33. The van der Waals surface area contributed by atoms with Crippen molar-refractivity contribution in [3.63, 3.8) is 0 Å². The lowest BCUT2D eigenvalue weighted by atomic mass is 10.2. The molecule has 0 spiro atoms. The summed E-state index contributed by atoms with van der Waals surface area (Å²) in [7, 11) is 0. The quantitative estimate of drug-likeness (QED) is 0.548. The van der Waals surface area contributed by atoms with Gasteiger partial charge in [-0.05, 0) is 62.8 Å². The number of esters is 1. The van der Waals surface area contributed by atoms with Crippen LogP contribution in [0.15, 0.2) is 52.3 Å². The third-order valence-corrected chi connectivity index (χ3v) is 7.20. The van der Waals surface area contributed by atoms with E-state index in [4.69, 9.17) is 16.3 Å². The zero-order valence-electron chi connectivity index (χ0n) is 18.1. The Morgan fingerprint density at radius 2 is 1.71 bits per heavy atom. The van der Waals surface area contributed by atoms with E-state index in [-0.39, 0.29) is 5.97 Å². The first kappa shape index (κ1) is 22.5. The minimum Gasteiger partial charge on any atom is -0.465 e. The normalized spacial score (nSPS) is 17.0. The van der Waals surface area contributed by atoms with E-state index in [0.29, 0.717) is 6.61 Å². The minimum atomic E-state index is -0.197. The maximum Gasteiger partial charge on any atom is 0.302 e. The van der Waals surface area contributed by atoms with Crippen LogP contribution >= 0.6 is 23.4 Å². The first-order valence-corrected chi connectivity index (χ1v) is 12.2. The van der Waals surface area contributed by atoms with Gasteiger partial charge in [-0.1, -0.05) is 35.5 Å². The molecule has 0 amide bonds. The largest absolute Gasteiger partial charge is 0.465 e. The molecule has 0 saturated carbocycles. The molecule has 1 saturated heterocycles. The number of ether oxygens (including phenoxy) is 1. The third kappa shape index (κ3) is 5.95. The second kappa shape index (κ2) is 10.7. The molecule has 4 rings (SSSR count). The summed E-state index contributed by atoms with van der Waals surface area (Å²) < 4.78 is 5.10. The van der Waals surface area contributed by atoms with Crippen molar-refractivity contribution in [3.8, 4) is 0 Å². The van der Waals surface area contributed by atoms with Gasteiger partial charge in [0, 0.05) is 47.9 Å². The molecule has 0 N–H and O–H groups in total. The lowest BCUT2D eigenvalue weighted by Crippen LogP contribution is -2.34. The molecule has 166 valence electrons. The van der Waals surface area contributed by atoms with Gasteiger partial charge in [-0.25, -0.2) is 0 Å². The smallest absolute Gasteiger partial charge is 0.302 e. The Morgan fingerprint density at radius 3 is 2.52 bits per heavy atom. The first-order valence-electron chi connectivity index (χ1n) is 11.0. The van der Waals surface area contributed by atoms with E-state index < -0.39 is 0 Å². The molecule has 2 aliphatic rings. The van der Waals surface area contributed by atoms with E-state index in [9.17, 15) is 4.79 Å². The molecule has 2 aromatic rings. The molecule has 0 bridgehead atoms. The van der Waals surface area contributed by atoms with Crippen LogP contribution < -0.4 is 4.90 Å². The van der Waals surface area contributed by atoms with E-state index in [1.807, 2.05) is 17.8 Å². The van der Waals surface area contributed by atoms with Crippen LogP contribution in [-0.4, -0.2) is 68.2 Å². The fourth-order valence-electron chi connectivity index (χ4n) is 4.29. The number of para-hydroxylation sites is 1. The second-order valence-electron chi connectivity index (χ2n) is 8.06. The topological polar surface area (TPSA) is 36.0 Å². The number of fused-ring (bicyclic) bond motifs is 2. The number of nitrogens with zero attached hydrogens (tertiary/aromatic N) is 3. The van der Waals surface area contributed by atoms with Gasteiger partial charge < -0.3 is 14.5 Å². The van der Waals surface area contributed by atoms with Gasteiger partial charge in [0.1, 0.15) is 6.61 Å². The molecule has 5 nitrogen and oxygen atoms in total. The average molecular weight is 460 g/mol. The van der Waals surface area contributed by atoms with Gasteiger partial charge in [-0.15, -0.1) is 0 Å². The number of hydrogen-bond acceptors (Lipinski definition) is 6. The van der Waals surface area contributed by atoms with Crippen molar-refractivity contribution >= 4 is 40.7 Å². The summed E-state index contributed by atoms with van der Waals surface area (Å²) in [5.41, 5.74) is 2.48. The second-order valence-corrected chi connectivity index (χ2v) is 9.58. The van der Waals surface area contributed by atoms with Gasteiger partial charge in [0.15, 0.2) is 0 Å². The number of carbonyl (C=O) groups is 1. The van der Waals surface area contributed by atoms with Gasteiger partial charge in [-0.3, -0.25) is 9.69 Å². The number of anilines is 2. The highest BCUT2D eigenvalue weighted by molar-refractivity contribution is 7.99. The zero-order valence-corrected chi connectivity index (χ0v) is 19.6. The molecule has 0 atom stereocenters. The molecule has 31 heavy (non-hydrogen) atoms. The zero-order chi connectivity index (χ0) is 21.6. The van der Waals surface area contributed by atoms with Crippen LogP contribution in [0.3, 0.4) is 0 Å². The van der Waals surface area contributed by atoms with E-state index in [0.717, 1.165) is 63.7 Å². The number of halogens is 1. The van der Waals surface area contributed by atoms with Crippen LogP contribution in [-0.2, 0) is 9.53 Å². The fraction of sp³-hybridized carbons (Fsp3) is 0.458. The van der Waals surface area contributed by atoms with Crippen molar-refractivity contribution in [3.05, 3.63) is 47.5 Å². The minimum absolute atomic E-state index is 0.197. The summed E-state index contributed by atoms with van der Waals surface area (Å²) in [6.45, 7) is 9.13. The third-order valence-electron chi connectivity index (χ3n) is 5.84. The lowest BCUT2D eigenvalue weighted by Gasteiger charge is -2.33. The van der Waals surface area contributed by atoms with Crippen molar-refractivity contribution in [2.75, 3.05) is 57.3 Å². The van der Waals surface area contributed by atoms with Crippen molar-refractivity contribution in [1.29, 1.82) is 0 Å². The Morgan fingerprint density at radius 1 is 0.968 bits per heavy atom. The molecule has 0 aliphatic carbocycles. The molecule has 0 unspecified atom stereocenters. The van der Waals surface area contributed by atoms with E-state index >= 15 is 0 Å². The fourth-order valence-corrected chi connectivity index (χ4v) is 5.53. The van der Waals surface area contributed by atoms with Crippen molar-refractivity contribution in [1.82, 2.24) is 9.80 Å². The summed E-state index contributed by atoms with van der Waals surface area (Å²) in [5, 5.41) is 0.782. The Kier molecular flexibility index (Phi) is 7.77. The molecule has 7 heteroatoms. The number of benzene rings is 2. The highest BCUT2D eigenvalue weighted by Crippen LogP contribution is 2.48. The highest BCUT2D eigenvalue weighted by Gasteiger charge is 2.23. The SMILES string of the molecule is CC(=O)OCCN1CCCN(CCCN2c3ccccc3Sc3ccc(Cl)cc32)CC1. The standard InChI is InChI=1S/C24H30ClN3O2S/c1-19(29)30-17-16-27-11-4-10-26(14-15-27)12-5-13-28-21-6-2-3-7-23(21)31-24-9-8-20(25)18-22(24)28/h2-3,6-9,18H,4-5,10-17H2,1H3. The summed E-state index contributed by atoms with van der Waals surface area (Å²) in [6.07, 6.45) is 2.25. The molecular formula is C24H30ClN3O2S. The molecule has 2 heterocycles. The summed E-state index contributed by atoms with van der Waals surface area (Å²) in [6, 6.07) is 14.8. The van der Waals surface area contributed by atoms with Gasteiger partial charge in [-0.2, -0.15) is 0 Å². The van der Waals surface area contributed by atoms with E-state index in [2.05, 4.69) is 51.1 Å². The molecule has 1 fully saturated rings. The van der Waals surface area contributed by atoms with Gasteiger partial charge in [0.05, 0.1) is 11.4 Å². The van der Waals surface area contributed by atoms with Crippen LogP contribution in [0.2, 0.25) is 5.02 Å². The first-order chi connectivity index (χ1) is 15.1. The molecule has 0 radical (unpaired) electrons. The number of hydrogen-bond donors (Lipinski definition) is 0. The predicted octanol–water partition coefficient (Wildman–Crippen LogP) is 4.90. The monoisotopic (exact) mass is 459 g/mol. The average Bonchev–Trinajstić information content (AvgIpc) is 2.98. The summed E-state index contributed by atoms with van der Waals surface area (Å²) >= 11 is 8.15. The van der Waals surface area contributed by atoms with E-state index in [1.165, 1.54) is 28.1 Å². The van der Waals surface area contributed by atoms with Crippen LogP contribution in [0.1, 0.15) is 19.8 Å².